The molecule has 0 bridgehead atoms. The smallest absolute Gasteiger partial charge is 0.270 e. The Morgan fingerprint density at radius 2 is 1.96 bits per heavy atom. The van der Waals surface area contributed by atoms with E-state index in [0.717, 1.165) is 24.6 Å². The van der Waals surface area contributed by atoms with Gasteiger partial charge in [-0.25, -0.2) is 0 Å². The maximum atomic E-state index is 12.8. The van der Waals surface area contributed by atoms with Gasteiger partial charge in [0.25, 0.3) is 11.5 Å². The first kappa shape index (κ1) is 18.0. The van der Waals surface area contributed by atoms with Crippen molar-refractivity contribution in [2.75, 3.05) is 27.2 Å². The van der Waals surface area contributed by atoms with Crippen molar-refractivity contribution in [3.8, 4) is 0 Å². The number of fused-ring (bicyclic) bond motifs is 1. The first-order valence-electron chi connectivity index (χ1n) is 8.65. The highest BCUT2D eigenvalue weighted by Crippen LogP contribution is 2.30. The van der Waals surface area contributed by atoms with Crippen LogP contribution < -0.4 is 5.56 Å². The van der Waals surface area contributed by atoms with E-state index in [9.17, 15) is 9.59 Å². The highest BCUT2D eigenvalue weighted by Gasteiger charge is 2.36. The largest absolute Gasteiger partial charge is 0.337 e. The summed E-state index contributed by atoms with van der Waals surface area (Å²) in [5.74, 6) is -0.114. The molecule has 1 amide bonds. The molecule has 3 rings (SSSR count). The summed E-state index contributed by atoms with van der Waals surface area (Å²) in [5, 5.41) is 1.73. The van der Waals surface area contributed by atoms with Gasteiger partial charge < -0.3 is 14.8 Å². The number of likely N-dealkylation sites (tertiary alicyclic amines) is 1. The van der Waals surface area contributed by atoms with E-state index in [1.807, 2.05) is 4.90 Å². The second-order valence-electron chi connectivity index (χ2n) is 7.01. The number of aromatic nitrogens is 1. The predicted molar refractivity (Wildman–Crippen MR) is 101 cm³/mol. The molecule has 1 fully saturated rings. The average molecular weight is 362 g/mol. The van der Waals surface area contributed by atoms with Crippen LogP contribution in [0.4, 0.5) is 0 Å². The van der Waals surface area contributed by atoms with Gasteiger partial charge in [0, 0.05) is 29.0 Å². The van der Waals surface area contributed by atoms with Crippen LogP contribution in [0.3, 0.4) is 0 Å². The number of carbonyl (C=O) groups excluding carboxylic acids is 1. The number of hydrogen-bond donors (Lipinski definition) is 1. The number of amides is 1. The Hall–Kier alpha value is -1.85. The van der Waals surface area contributed by atoms with Crippen molar-refractivity contribution in [1.82, 2.24) is 14.8 Å². The van der Waals surface area contributed by atoms with Crippen LogP contribution in [0.15, 0.2) is 29.1 Å². The first-order chi connectivity index (χ1) is 11.9. The van der Waals surface area contributed by atoms with Crippen molar-refractivity contribution in [1.29, 1.82) is 0 Å². The molecule has 1 aromatic heterocycles. The Morgan fingerprint density at radius 1 is 1.28 bits per heavy atom. The van der Waals surface area contributed by atoms with Gasteiger partial charge in [-0.15, -0.1) is 0 Å². The molecule has 1 N–H and O–H groups in total. The van der Waals surface area contributed by atoms with Crippen LogP contribution in [0.25, 0.3) is 10.8 Å². The lowest BCUT2D eigenvalue weighted by atomic mass is 9.84. The topological polar surface area (TPSA) is 56.4 Å². The molecule has 1 aliphatic rings. The summed E-state index contributed by atoms with van der Waals surface area (Å²) in [6, 6.07) is 6.86. The number of nitrogens with zero attached hydrogens (tertiary/aromatic N) is 2. The van der Waals surface area contributed by atoms with Crippen molar-refractivity contribution >= 4 is 28.3 Å². The normalized spacial score (nSPS) is 17.2. The molecule has 25 heavy (non-hydrogen) atoms. The Kier molecular flexibility index (Phi) is 4.89. The molecule has 0 unspecified atom stereocenters. The number of halogens is 1. The minimum Gasteiger partial charge on any atom is -0.337 e. The van der Waals surface area contributed by atoms with Crippen molar-refractivity contribution in [3.05, 3.63) is 45.3 Å². The molecular weight excluding hydrogens is 338 g/mol. The number of aromatic amines is 1. The molecule has 2 heterocycles. The summed E-state index contributed by atoms with van der Waals surface area (Å²) in [5.41, 5.74) is 0.217. The lowest BCUT2D eigenvalue weighted by Crippen LogP contribution is -2.53. The molecule has 0 radical (unpaired) electrons. The zero-order valence-electron chi connectivity index (χ0n) is 14.9. The van der Waals surface area contributed by atoms with E-state index < -0.39 is 0 Å². The third-order valence-electron chi connectivity index (χ3n) is 5.63. The minimum absolute atomic E-state index is 0.114. The van der Waals surface area contributed by atoms with Crippen molar-refractivity contribution < 1.29 is 4.79 Å². The Labute approximate surface area is 152 Å². The summed E-state index contributed by atoms with van der Waals surface area (Å²) in [4.78, 5) is 32.0. The van der Waals surface area contributed by atoms with Gasteiger partial charge in [0.05, 0.1) is 0 Å². The number of carbonyl (C=O) groups is 1. The summed E-state index contributed by atoms with van der Waals surface area (Å²) in [6.45, 7) is 3.60. The van der Waals surface area contributed by atoms with Gasteiger partial charge in [0.2, 0.25) is 0 Å². The Bertz CT molecular complexity index is 851. The summed E-state index contributed by atoms with van der Waals surface area (Å²) >= 11 is 5.95. The zero-order valence-corrected chi connectivity index (χ0v) is 15.7. The Morgan fingerprint density at radius 3 is 2.56 bits per heavy atom. The SMILES string of the molecule is CCC1(N(C)C)CCN(C(=O)c2cc3ccc(Cl)cc3c(=O)[nH]2)CC1. The number of rotatable bonds is 3. The van der Waals surface area contributed by atoms with Crippen LogP contribution in [0, 0.1) is 0 Å². The van der Waals surface area contributed by atoms with Crippen molar-refractivity contribution in [2.24, 2.45) is 0 Å². The number of piperidine rings is 1. The average Bonchev–Trinajstić information content (AvgIpc) is 2.61. The van der Waals surface area contributed by atoms with Gasteiger partial charge in [-0.1, -0.05) is 24.6 Å². The second-order valence-corrected chi connectivity index (χ2v) is 7.44. The first-order valence-corrected chi connectivity index (χ1v) is 9.03. The van der Waals surface area contributed by atoms with Crippen LogP contribution in [-0.2, 0) is 0 Å². The monoisotopic (exact) mass is 361 g/mol. The molecule has 0 atom stereocenters. The molecule has 1 saturated heterocycles. The van der Waals surface area contributed by atoms with Crippen LogP contribution >= 0.6 is 11.6 Å². The van der Waals surface area contributed by atoms with Gasteiger partial charge in [-0.2, -0.15) is 0 Å². The molecule has 1 aromatic carbocycles. The second kappa shape index (κ2) is 6.81. The van der Waals surface area contributed by atoms with E-state index in [1.54, 1.807) is 24.3 Å². The van der Waals surface area contributed by atoms with Gasteiger partial charge in [-0.05, 0) is 56.9 Å². The number of hydrogen-bond acceptors (Lipinski definition) is 3. The number of benzene rings is 1. The molecular formula is C19H24ClN3O2. The fourth-order valence-electron chi connectivity index (χ4n) is 3.76. The summed E-state index contributed by atoms with van der Waals surface area (Å²) in [7, 11) is 4.21. The molecule has 0 saturated carbocycles. The molecule has 2 aromatic rings. The van der Waals surface area contributed by atoms with E-state index in [-0.39, 0.29) is 17.0 Å². The van der Waals surface area contributed by atoms with Crippen LogP contribution in [0.5, 0.6) is 0 Å². The highest BCUT2D eigenvalue weighted by molar-refractivity contribution is 6.31. The van der Waals surface area contributed by atoms with Crippen molar-refractivity contribution in [3.63, 3.8) is 0 Å². The lowest BCUT2D eigenvalue weighted by molar-refractivity contribution is 0.0406. The van der Waals surface area contributed by atoms with Gasteiger partial charge in [0.1, 0.15) is 5.69 Å². The fourth-order valence-corrected chi connectivity index (χ4v) is 3.93. The zero-order chi connectivity index (χ0) is 18.2. The third-order valence-corrected chi connectivity index (χ3v) is 5.86. The predicted octanol–water partition coefficient (Wildman–Crippen LogP) is 3.13. The maximum absolute atomic E-state index is 12.8. The maximum Gasteiger partial charge on any atom is 0.270 e. The number of pyridine rings is 1. The molecule has 0 aliphatic carbocycles. The minimum atomic E-state index is -0.281. The van der Waals surface area contributed by atoms with E-state index in [1.165, 1.54) is 0 Å². The van der Waals surface area contributed by atoms with Gasteiger partial charge >= 0.3 is 0 Å². The summed E-state index contributed by atoms with van der Waals surface area (Å²) < 4.78 is 0. The quantitative estimate of drug-likeness (QED) is 0.913. The fraction of sp³-hybridized carbons (Fsp3) is 0.474. The van der Waals surface area contributed by atoms with E-state index in [4.69, 9.17) is 11.6 Å². The van der Waals surface area contributed by atoms with Crippen molar-refractivity contribution in [2.45, 2.75) is 31.7 Å². The molecule has 1 aliphatic heterocycles. The van der Waals surface area contributed by atoms with Crippen LogP contribution in [0.1, 0.15) is 36.7 Å². The van der Waals surface area contributed by atoms with Gasteiger partial charge in [0.15, 0.2) is 0 Å². The van der Waals surface area contributed by atoms with E-state index in [2.05, 4.69) is 30.9 Å². The van der Waals surface area contributed by atoms with Crippen LogP contribution in [-0.4, -0.2) is 53.4 Å². The molecule has 134 valence electrons. The summed E-state index contributed by atoms with van der Waals surface area (Å²) in [6.07, 6.45) is 2.95. The van der Waals surface area contributed by atoms with Crippen LogP contribution in [0.2, 0.25) is 5.02 Å². The lowest BCUT2D eigenvalue weighted by Gasteiger charge is -2.45. The van der Waals surface area contributed by atoms with Gasteiger partial charge in [-0.3, -0.25) is 9.59 Å². The molecule has 0 spiro atoms. The molecule has 5 nitrogen and oxygen atoms in total. The Balaban J connectivity index is 1.84. The number of nitrogens with one attached hydrogen (secondary N) is 1. The molecule has 6 heteroatoms. The van der Waals surface area contributed by atoms with E-state index >= 15 is 0 Å². The van der Waals surface area contributed by atoms with E-state index in [0.29, 0.717) is 29.2 Å². The third kappa shape index (κ3) is 3.31. The standard InChI is InChI=1S/C19H24ClN3O2/c1-4-19(22(2)3)7-9-23(10-8-19)18(25)16-11-13-5-6-14(20)12-15(13)17(24)21-16/h5-6,11-12H,4,7-10H2,1-3H3,(H,21,24). The number of H-pyrrole nitrogens is 1. The highest BCUT2D eigenvalue weighted by atomic mass is 35.5.